The Morgan fingerprint density at radius 2 is 1.50 bits per heavy atom. The maximum Gasteiger partial charge on any atom is 0.252 e. The molecule has 3 aromatic rings. The van der Waals surface area contributed by atoms with E-state index < -0.39 is 84.4 Å². The van der Waals surface area contributed by atoms with Crippen molar-refractivity contribution in [2.24, 2.45) is 11.5 Å². The van der Waals surface area contributed by atoms with Crippen molar-refractivity contribution in [2.45, 2.75) is 114 Å². The van der Waals surface area contributed by atoms with Crippen LogP contribution < -0.4 is 27.4 Å². The van der Waals surface area contributed by atoms with Crippen LogP contribution in [-0.4, -0.2) is 123 Å². The van der Waals surface area contributed by atoms with Crippen LogP contribution in [0.3, 0.4) is 0 Å². The second-order valence-electron chi connectivity index (χ2n) is 15.5. The highest BCUT2D eigenvalue weighted by molar-refractivity contribution is 5.95. The highest BCUT2D eigenvalue weighted by atomic mass is 16.7. The zero-order valence-corrected chi connectivity index (χ0v) is 34.0. The number of nitrogens with one attached hydrogen (secondary N) is 3. The lowest BCUT2D eigenvalue weighted by atomic mass is 9.91. The first-order valence-corrected chi connectivity index (χ1v) is 20.0. The molecule has 3 aromatic carbocycles. The number of methoxy groups -OCH3 is 1. The molecule has 324 valence electrons. The molecule has 0 radical (unpaired) electrons. The molecule has 9 atom stereocenters. The maximum atomic E-state index is 14.3. The van der Waals surface area contributed by atoms with Crippen molar-refractivity contribution >= 4 is 29.5 Å². The van der Waals surface area contributed by atoms with Gasteiger partial charge in [-0.15, -0.1) is 0 Å². The van der Waals surface area contributed by atoms with Crippen LogP contribution in [0.15, 0.2) is 66.7 Å². The van der Waals surface area contributed by atoms with E-state index in [0.29, 0.717) is 12.8 Å². The summed E-state index contributed by atoms with van der Waals surface area (Å²) in [5, 5.41) is 48.5. The Balaban J connectivity index is 1.26. The lowest BCUT2D eigenvalue weighted by Crippen LogP contribution is -2.61. The van der Waals surface area contributed by atoms with Crippen LogP contribution in [0, 0.1) is 13.8 Å². The number of aryl methyl sites for hydroxylation is 2. The molecule has 17 heteroatoms. The molecule has 11 N–H and O–H groups in total. The fraction of sp³-hybridized carbons (Fsp3) is 0.465. The lowest BCUT2D eigenvalue weighted by Gasteiger charge is -2.38. The quantitative estimate of drug-likeness (QED) is 0.0762. The fourth-order valence-corrected chi connectivity index (χ4v) is 7.73. The van der Waals surface area contributed by atoms with Crippen LogP contribution in [0.5, 0.6) is 5.75 Å². The van der Waals surface area contributed by atoms with Crippen LogP contribution in [0.1, 0.15) is 52.6 Å². The van der Waals surface area contributed by atoms with E-state index in [1.54, 1.807) is 36.4 Å². The Morgan fingerprint density at radius 1 is 0.850 bits per heavy atom. The summed E-state index contributed by atoms with van der Waals surface area (Å²) in [6.45, 7) is 3.84. The number of aromatic hydroxyl groups is 1. The smallest absolute Gasteiger partial charge is 0.252 e. The summed E-state index contributed by atoms with van der Waals surface area (Å²) in [5.74, 6) is -3.18. The number of hydrogen-bond donors (Lipinski definition) is 9. The van der Waals surface area contributed by atoms with Gasteiger partial charge in [0.2, 0.25) is 23.6 Å². The molecule has 17 nitrogen and oxygen atoms in total. The third kappa shape index (κ3) is 11.2. The molecule has 1 fully saturated rings. The number of unbranched alkanes of at least 4 members (excludes halogenated alkanes) is 1. The Hall–Kier alpha value is -5.43. The van der Waals surface area contributed by atoms with Gasteiger partial charge in [-0.05, 0) is 85.0 Å². The minimum atomic E-state index is -1.70. The molecule has 0 saturated carbocycles. The molecule has 0 spiro atoms. The lowest BCUT2D eigenvalue weighted by molar-refractivity contribution is -0.283. The molecule has 5 amide bonds. The number of aliphatic hydroxyl groups excluding tert-OH is 3. The molecule has 60 heavy (non-hydrogen) atoms. The largest absolute Gasteiger partial charge is 0.508 e. The first-order valence-electron chi connectivity index (χ1n) is 20.0. The van der Waals surface area contributed by atoms with Gasteiger partial charge >= 0.3 is 0 Å². The van der Waals surface area contributed by atoms with E-state index in [4.69, 9.17) is 20.9 Å². The SMILES string of the molecule is CO[C@@H]1O[C@H](C(=O)NCCCC[C@@H](NC(=O)[C@H](Cc2ccccc2)NC(=O)[C@@H]2Cc3ccccc3CN2C(=O)[C@@H](N)Cc2c(C)cc(O)cc2C)C(N)=O)[C@@H](O)[C@H](O)[C@H]1O. The van der Waals surface area contributed by atoms with Crippen molar-refractivity contribution in [1.82, 2.24) is 20.9 Å². The molecule has 0 aromatic heterocycles. The summed E-state index contributed by atoms with van der Waals surface area (Å²) in [7, 11) is 1.21. The summed E-state index contributed by atoms with van der Waals surface area (Å²) in [5.41, 5.74) is 17.1. The second kappa shape index (κ2) is 20.7. The van der Waals surface area contributed by atoms with Crippen molar-refractivity contribution < 1.29 is 53.9 Å². The van der Waals surface area contributed by atoms with E-state index in [-0.39, 0.29) is 44.5 Å². The van der Waals surface area contributed by atoms with Crippen molar-refractivity contribution in [3.05, 3.63) is 100 Å². The number of phenolic OH excluding ortho intramolecular Hbond substituents is 1. The first-order chi connectivity index (χ1) is 28.6. The third-order valence-corrected chi connectivity index (χ3v) is 11.1. The molecule has 2 aliphatic rings. The molecule has 5 rings (SSSR count). The van der Waals surface area contributed by atoms with E-state index in [2.05, 4.69) is 16.0 Å². The number of nitrogens with zero attached hydrogens (tertiary/aromatic N) is 1. The highest BCUT2D eigenvalue weighted by Gasteiger charge is 2.47. The van der Waals surface area contributed by atoms with Gasteiger partial charge in [0.15, 0.2) is 12.4 Å². The van der Waals surface area contributed by atoms with Gasteiger partial charge in [0.05, 0.1) is 6.04 Å². The van der Waals surface area contributed by atoms with E-state index in [1.165, 1.54) is 12.0 Å². The van der Waals surface area contributed by atoms with Crippen molar-refractivity contribution in [1.29, 1.82) is 0 Å². The Labute approximate surface area is 348 Å². The van der Waals surface area contributed by atoms with E-state index in [9.17, 15) is 44.4 Å². The van der Waals surface area contributed by atoms with Crippen LogP contribution in [-0.2, 0) is 59.3 Å². The standard InChI is InChI=1S/C43H56N6O11/c1-23-17-28(50)18-24(2)29(23)21-30(44)42(58)49-22-27-14-8-7-13-26(27)20-33(49)40(56)48-32(19-25-11-5-4-6-12-25)39(55)47-31(38(45)54)15-9-10-16-46-41(57)37-35(52)34(51)36(53)43(59-3)60-37/h4-8,11-14,17-18,30-37,43,50-53H,9-10,15-16,19-22,44H2,1-3H3,(H2,45,54)(H,46,57)(H,47,55)(H,48,56)/t30-,31+,32-,33-,34-,35-,36+,37-,43+/m0/s1. The van der Waals surface area contributed by atoms with Gasteiger partial charge in [0.1, 0.15) is 42.2 Å². The molecule has 2 heterocycles. The predicted molar refractivity (Wildman–Crippen MR) is 217 cm³/mol. The molecular formula is C43H56N6O11. The van der Waals surface area contributed by atoms with Gasteiger partial charge in [-0.2, -0.15) is 0 Å². The van der Waals surface area contributed by atoms with E-state index in [1.807, 2.05) is 44.2 Å². The summed E-state index contributed by atoms with van der Waals surface area (Å²) in [6.07, 6.45) is -6.67. The number of primary amides is 1. The minimum Gasteiger partial charge on any atom is -0.508 e. The average Bonchev–Trinajstić information content (AvgIpc) is 3.22. The molecular weight excluding hydrogens is 777 g/mol. The Kier molecular flexibility index (Phi) is 15.7. The van der Waals surface area contributed by atoms with Gasteiger partial charge < -0.3 is 62.2 Å². The minimum absolute atomic E-state index is 0.0524. The van der Waals surface area contributed by atoms with Gasteiger partial charge in [0, 0.05) is 33.0 Å². The van der Waals surface area contributed by atoms with Crippen molar-refractivity contribution in [3.63, 3.8) is 0 Å². The zero-order chi connectivity index (χ0) is 43.7. The summed E-state index contributed by atoms with van der Waals surface area (Å²) < 4.78 is 10.2. The number of hydrogen-bond acceptors (Lipinski definition) is 12. The Morgan fingerprint density at radius 3 is 2.15 bits per heavy atom. The van der Waals surface area contributed by atoms with Crippen LogP contribution in [0.25, 0.3) is 0 Å². The number of fused-ring (bicyclic) bond motifs is 1. The second-order valence-corrected chi connectivity index (χ2v) is 15.5. The number of nitrogens with two attached hydrogens (primary N) is 2. The number of ether oxygens (including phenoxy) is 2. The average molecular weight is 833 g/mol. The maximum absolute atomic E-state index is 14.3. The highest BCUT2D eigenvalue weighted by Crippen LogP contribution is 2.27. The monoisotopic (exact) mass is 832 g/mol. The Bertz CT molecular complexity index is 1980. The van der Waals surface area contributed by atoms with Crippen LogP contribution in [0.4, 0.5) is 0 Å². The molecule has 0 unspecified atom stereocenters. The van der Waals surface area contributed by atoms with Gasteiger partial charge in [-0.3, -0.25) is 24.0 Å². The number of rotatable bonds is 17. The number of phenols is 1. The number of carbonyl (C=O) groups is 5. The number of aliphatic hydroxyl groups is 3. The zero-order valence-electron chi connectivity index (χ0n) is 34.0. The van der Waals surface area contributed by atoms with Gasteiger partial charge in [-0.25, -0.2) is 0 Å². The number of amides is 5. The third-order valence-electron chi connectivity index (χ3n) is 11.1. The first kappa shape index (κ1) is 45.7. The number of carbonyl (C=O) groups excluding carboxylic acids is 5. The van der Waals surface area contributed by atoms with E-state index in [0.717, 1.165) is 33.4 Å². The fourth-order valence-electron chi connectivity index (χ4n) is 7.73. The molecule has 1 saturated heterocycles. The predicted octanol–water partition coefficient (Wildman–Crippen LogP) is -0.730. The normalized spacial score (nSPS) is 22.8. The number of benzene rings is 3. The van der Waals surface area contributed by atoms with Gasteiger partial charge in [0.25, 0.3) is 5.91 Å². The van der Waals surface area contributed by atoms with Crippen LogP contribution >= 0.6 is 0 Å². The summed E-state index contributed by atoms with van der Waals surface area (Å²) >= 11 is 0. The van der Waals surface area contributed by atoms with E-state index >= 15 is 0 Å². The van der Waals surface area contributed by atoms with Crippen molar-refractivity contribution in [3.8, 4) is 5.75 Å². The topological polar surface area (TPSA) is 276 Å². The molecule has 0 bridgehead atoms. The van der Waals surface area contributed by atoms with Gasteiger partial charge in [-0.1, -0.05) is 54.6 Å². The van der Waals surface area contributed by atoms with Crippen LogP contribution in [0.2, 0.25) is 0 Å². The van der Waals surface area contributed by atoms with Crippen molar-refractivity contribution in [2.75, 3.05) is 13.7 Å². The molecule has 0 aliphatic carbocycles. The summed E-state index contributed by atoms with van der Waals surface area (Å²) in [4.78, 5) is 69.2. The molecule has 2 aliphatic heterocycles. The summed E-state index contributed by atoms with van der Waals surface area (Å²) in [6, 6.07) is 15.3.